The van der Waals surface area contributed by atoms with Gasteiger partial charge < -0.3 is 5.32 Å². The van der Waals surface area contributed by atoms with Crippen LogP contribution in [0.25, 0.3) is 0 Å². The number of hydrogen-bond donors (Lipinski definition) is 1. The number of aryl methyl sites for hydroxylation is 1. The lowest BCUT2D eigenvalue weighted by molar-refractivity contribution is 0.390. The molecule has 1 N–H and O–H groups in total. The standard InChI is InChI=1S/C19H24FN/c1-4-19(14-21-3,17-8-6-5-7-9-17)13-16-10-11-18(20)12-15(16)2/h5-12,21H,4,13-14H2,1-3H3. The molecule has 2 rings (SSSR count). The summed E-state index contributed by atoms with van der Waals surface area (Å²) in [5.41, 5.74) is 3.63. The van der Waals surface area contributed by atoms with Gasteiger partial charge in [0.15, 0.2) is 0 Å². The molecular weight excluding hydrogens is 261 g/mol. The Hall–Kier alpha value is -1.67. The largest absolute Gasteiger partial charge is 0.319 e. The molecule has 21 heavy (non-hydrogen) atoms. The van der Waals surface area contributed by atoms with E-state index in [1.807, 2.05) is 26.1 Å². The van der Waals surface area contributed by atoms with Crippen molar-refractivity contribution < 1.29 is 4.39 Å². The van der Waals surface area contributed by atoms with Crippen LogP contribution in [0.3, 0.4) is 0 Å². The fraction of sp³-hybridized carbons (Fsp3) is 0.368. The Morgan fingerprint density at radius 2 is 1.81 bits per heavy atom. The van der Waals surface area contributed by atoms with E-state index >= 15 is 0 Å². The molecule has 0 radical (unpaired) electrons. The molecule has 2 aromatic rings. The molecule has 1 nitrogen and oxygen atoms in total. The molecule has 0 bridgehead atoms. The third-order valence-electron chi connectivity index (χ3n) is 4.41. The molecule has 0 saturated heterocycles. The number of halogens is 1. The summed E-state index contributed by atoms with van der Waals surface area (Å²) in [5.74, 6) is -0.160. The zero-order valence-corrected chi connectivity index (χ0v) is 13.1. The molecule has 0 aliphatic carbocycles. The van der Waals surface area contributed by atoms with Crippen LogP contribution >= 0.6 is 0 Å². The fourth-order valence-electron chi connectivity index (χ4n) is 3.07. The molecule has 0 amide bonds. The van der Waals surface area contributed by atoms with Crippen molar-refractivity contribution in [3.63, 3.8) is 0 Å². The van der Waals surface area contributed by atoms with Crippen LogP contribution in [-0.2, 0) is 11.8 Å². The van der Waals surface area contributed by atoms with Gasteiger partial charge in [0.25, 0.3) is 0 Å². The van der Waals surface area contributed by atoms with Crippen molar-refractivity contribution in [2.24, 2.45) is 0 Å². The van der Waals surface area contributed by atoms with Gasteiger partial charge in [0, 0.05) is 12.0 Å². The number of likely N-dealkylation sites (N-methyl/N-ethyl adjacent to an activating group) is 1. The average molecular weight is 285 g/mol. The van der Waals surface area contributed by atoms with Crippen LogP contribution in [0.15, 0.2) is 48.5 Å². The number of rotatable bonds is 6. The maximum Gasteiger partial charge on any atom is 0.123 e. The van der Waals surface area contributed by atoms with E-state index in [1.54, 1.807) is 12.1 Å². The van der Waals surface area contributed by atoms with E-state index in [-0.39, 0.29) is 11.2 Å². The molecular formula is C19H24FN. The first-order valence-corrected chi connectivity index (χ1v) is 7.56. The molecule has 0 fully saturated rings. The summed E-state index contributed by atoms with van der Waals surface area (Å²) >= 11 is 0. The zero-order valence-electron chi connectivity index (χ0n) is 13.1. The third-order valence-corrected chi connectivity index (χ3v) is 4.41. The highest BCUT2D eigenvalue weighted by Crippen LogP contribution is 2.32. The van der Waals surface area contributed by atoms with E-state index in [0.29, 0.717) is 0 Å². The molecule has 0 aromatic heterocycles. The SMILES string of the molecule is CCC(CNC)(Cc1ccc(F)cc1C)c1ccccc1. The number of nitrogens with one attached hydrogen (secondary N) is 1. The Kier molecular flexibility index (Phi) is 5.13. The number of hydrogen-bond acceptors (Lipinski definition) is 1. The maximum atomic E-state index is 13.3. The van der Waals surface area contributed by atoms with Gasteiger partial charge in [0.1, 0.15) is 5.82 Å². The van der Waals surface area contributed by atoms with E-state index in [2.05, 4.69) is 36.5 Å². The van der Waals surface area contributed by atoms with Gasteiger partial charge in [-0.2, -0.15) is 0 Å². The topological polar surface area (TPSA) is 12.0 Å². The van der Waals surface area contributed by atoms with Crippen molar-refractivity contribution in [2.75, 3.05) is 13.6 Å². The van der Waals surface area contributed by atoms with Crippen LogP contribution in [-0.4, -0.2) is 13.6 Å². The van der Waals surface area contributed by atoms with Gasteiger partial charge in [0.05, 0.1) is 0 Å². The Labute approximate surface area is 127 Å². The minimum absolute atomic E-state index is 0.0403. The highest BCUT2D eigenvalue weighted by molar-refractivity contribution is 5.34. The first kappa shape index (κ1) is 15.7. The van der Waals surface area contributed by atoms with Gasteiger partial charge in [-0.25, -0.2) is 4.39 Å². The van der Waals surface area contributed by atoms with Crippen LogP contribution in [0.1, 0.15) is 30.0 Å². The summed E-state index contributed by atoms with van der Waals surface area (Å²) in [6.45, 7) is 5.12. The highest BCUT2D eigenvalue weighted by atomic mass is 19.1. The molecule has 0 spiro atoms. The monoisotopic (exact) mass is 285 g/mol. The Morgan fingerprint density at radius 3 is 2.38 bits per heavy atom. The van der Waals surface area contributed by atoms with E-state index in [4.69, 9.17) is 0 Å². The summed E-state index contributed by atoms with van der Waals surface area (Å²) in [6, 6.07) is 15.7. The molecule has 112 valence electrons. The Bertz CT molecular complexity index is 579. The van der Waals surface area contributed by atoms with Crippen molar-refractivity contribution in [3.8, 4) is 0 Å². The molecule has 0 aliphatic heterocycles. The lowest BCUT2D eigenvalue weighted by Crippen LogP contribution is -2.38. The predicted molar refractivity (Wildman–Crippen MR) is 87.2 cm³/mol. The third kappa shape index (κ3) is 3.51. The second kappa shape index (κ2) is 6.86. The summed E-state index contributed by atoms with van der Waals surface area (Å²) in [7, 11) is 1.99. The van der Waals surface area contributed by atoms with E-state index in [9.17, 15) is 4.39 Å². The summed E-state index contributed by atoms with van der Waals surface area (Å²) in [5, 5.41) is 3.34. The van der Waals surface area contributed by atoms with Crippen LogP contribution in [0.4, 0.5) is 4.39 Å². The fourth-order valence-corrected chi connectivity index (χ4v) is 3.07. The molecule has 0 aliphatic rings. The van der Waals surface area contributed by atoms with Gasteiger partial charge in [-0.05, 0) is 55.6 Å². The van der Waals surface area contributed by atoms with E-state index in [0.717, 1.165) is 24.9 Å². The van der Waals surface area contributed by atoms with Gasteiger partial charge in [-0.1, -0.05) is 43.3 Å². The van der Waals surface area contributed by atoms with Crippen molar-refractivity contribution in [3.05, 3.63) is 71.0 Å². The second-order valence-electron chi connectivity index (χ2n) is 5.78. The Balaban J connectivity index is 2.41. The molecule has 0 saturated carbocycles. The minimum Gasteiger partial charge on any atom is -0.319 e. The highest BCUT2D eigenvalue weighted by Gasteiger charge is 2.30. The molecule has 1 unspecified atom stereocenters. The molecule has 1 atom stereocenters. The maximum absolute atomic E-state index is 13.3. The van der Waals surface area contributed by atoms with Gasteiger partial charge in [-0.15, -0.1) is 0 Å². The van der Waals surface area contributed by atoms with E-state index in [1.165, 1.54) is 11.1 Å². The first-order valence-electron chi connectivity index (χ1n) is 7.56. The lowest BCUT2D eigenvalue weighted by Gasteiger charge is -2.34. The van der Waals surface area contributed by atoms with Gasteiger partial charge in [-0.3, -0.25) is 0 Å². The smallest absolute Gasteiger partial charge is 0.123 e. The molecule has 2 aromatic carbocycles. The predicted octanol–water partition coefficient (Wildman–Crippen LogP) is 4.24. The van der Waals surface area contributed by atoms with Crippen LogP contribution in [0.5, 0.6) is 0 Å². The molecule has 2 heteroatoms. The summed E-state index contributed by atoms with van der Waals surface area (Å²) in [4.78, 5) is 0. The van der Waals surface area contributed by atoms with E-state index < -0.39 is 0 Å². The van der Waals surface area contributed by atoms with Gasteiger partial charge in [0.2, 0.25) is 0 Å². The normalized spacial score (nSPS) is 13.9. The second-order valence-corrected chi connectivity index (χ2v) is 5.78. The average Bonchev–Trinajstić information content (AvgIpc) is 2.50. The van der Waals surface area contributed by atoms with Crippen LogP contribution < -0.4 is 5.32 Å². The molecule has 0 heterocycles. The minimum atomic E-state index is -0.160. The van der Waals surface area contributed by atoms with Crippen molar-refractivity contribution in [1.29, 1.82) is 0 Å². The lowest BCUT2D eigenvalue weighted by atomic mass is 9.73. The summed E-state index contributed by atoms with van der Waals surface area (Å²) in [6.07, 6.45) is 1.95. The van der Waals surface area contributed by atoms with Crippen LogP contribution in [0, 0.1) is 12.7 Å². The van der Waals surface area contributed by atoms with Gasteiger partial charge >= 0.3 is 0 Å². The van der Waals surface area contributed by atoms with Crippen molar-refractivity contribution >= 4 is 0 Å². The summed E-state index contributed by atoms with van der Waals surface area (Å²) < 4.78 is 13.3. The quantitative estimate of drug-likeness (QED) is 0.837. The zero-order chi connectivity index (χ0) is 15.3. The van der Waals surface area contributed by atoms with Crippen LogP contribution in [0.2, 0.25) is 0 Å². The Morgan fingerprint density at radius 1 is 1.10 bits per heavy atom. The van der Waals surface area contributed by atoms with Crippen molar-refractivity contribution in [2.45, 2.75) is 32.1 Å². The van der Waals surface area contributed by atoms with Crippen molar-refractivity contribution in [1.82, 2.24) is 5.32 Å². The first-order chi connectivity index (χ1) is 10.1. The number of benzene rings is 2.